The molecule has 3 amide bonds. The molecule has 6 rings (SSSR count). The first kappa shape index (κ1) is 27.6. The predicted octanol–water partition coefficient (Wildman–Crippen LogP) is 4.31. The molecule has 0 spiro atoms. The van der Waals surface area contributed by atoms with Crippen molar-refractivity contribution in [2.45, 2.75) is 32.4 Å². The summed E-state index contributed by atoms with van der Waals surface area (Å²) >= 11 is 0. The van der Waals surface area contributed by atoms with Crippen molar-refractivity contribution < 1.29 is 28.6 Å². The summed E-state index contributed by atoms with van der Waals surface area (Å²) in [7, 11) is 4.57. The summed E-state index contributed by atoms with van der Waals surface area (Å²) in [4.78, 5) is 46.3. The molecule has 0 unspecified atom stereocenters. The Bertz CT molecular complexity index is 1530. The Labute approximate surface area is 245 Å². The van der Waals surface area contributed by atoms with Crippen LogP contribution in [0.3, 0.4) is 0 Å². The molecule has 9 nitrogen and oxygen atoms in total. The van der Waals surface area contributed by atoms with Crippen molar-refractivity contribution in [2.75, 3.05) is 45.9 Å². The fourth-order valence-electron chi connectivity index (χ4n) is 6.47. The van der Waals surface area contributed by atoms with Gasteiger partial charge in [0.15, 0.2) is 11.5 Å². The summed E-state index contributed by atoms with van der Waals surface area (Å²) in [5.74, 6) is 0.644. The van der Waals surface area contributed by atoms with Gasteiger partial charge in [-0.2, -0.15) is 0 Å². The van der Waals surface area contributed by atoms with Crippen LogP contribution in [-0.4, -0.2) is 68.5 Å². The van der Waals surface area contributed by atoms with Crippen LogP contribution in [0, 0.1) is 5.92 Å². The Kier molecular flexibility index (Phi) is 7.49. The number of fused-ring (bicyclic) bond motifs is 2. The molecule has 9 heteroatoms. The van der Waals surface area contributed by atoms with E-state index in [2.05, 4.69) is 17.0 Å². The molecule has 0 N–H and O–H groups in total. The lowest BCUT2D eigenvalue weighted by Crippen LogP contribution is -2.46. The van der Waals surface area contributed by atoms with Crippen LogP contribution in [0.4, 0.5) is 5.69 Å². The topological polar surface area (TPSA) is 88.6 Å². The van der Waals surface area contributed by atoms with E-state index in [4.69, 9.17) is 14.2 Å². The number of ether oxygens (including phenoxy) is 3. The number of piperidine rings is 1. The maximum Gasteiger partial charge on any atom is 0.263 e. The predicted molar refractivity (Wildman–Crippen MR) is 157 cm³/mol. The van der Waals surface area contributed by atoms with E-state index in [0.717, 1.165) is 32.4 Å². The summed E-state index contributed by atoms with van der Waals surface area (Å²) in [6, 6.07) is 17.2. The molecule has 3 aromatic carbocycles. The first-order valence-corrected chi connectivity index (χ1v) is 14.3. The molecule has 0 radical (unpaired) electrons. The van der Waals surface area contributed by atoms with E-state index < -0.39 is 0 Å². The minimum absolute atomic E-state index is 0.0556. The van der Waals surface area contributed by atoms with Gasteiger partial charge < -0.3 is 24.0 Å². The smallest absolute Gasteiger partial charge is 0.263 e. The molecule has 3 aliphatic heterocycles. The lowest BCUT2D eigenvalue weighted by atomic mass is 9.93. The molecule has 42 heavy (non-hydrogen) atoms. The zero-order chi connectivity index (χ0) is 29.4. The fourth-order valence-corrected chi connectivity index (χ4v) is 6.47. The number of anilines is 1. The maximum absolute atomic E-state index is 13.8. The summed E-state index contributed by atoms with van der Waals surface area (Å²) in [5.41, 5.74) is 4.68. The van der Waals surface area contributed by atoms with E-state index in [-0.39, 0.29) is 30.2 Å². The molecule has 0 aliphatic carbocycles. The van der Waals surface area contributed by atoms with Crippen LogP contribution in [0.15, 0.2) is 54.6 Å². The Morgan fingerprint density at radius 2 is 1.62 bits per heavy atom. The van der Waals surface area contributed by atoms with Gasteiger partial charge in [-0.05, 0) is 60.2 Å². The number of amides is 3. The largest absolute Gasteiger partial charge is 0.493 e. The van der Waals surface area contributed by atoms with Crippen molar-refractivity contribution in [1.29, 1.82) is 0 Å². The molecule has 218 valence electrons. The zero-order valence-corrected chi connectivity index (χ0v) is 24.2. The molecule has 3 aromatic rings. The normalized spacial score (nSPS) is 18.1. The average Bonchev–Trinajstić information content (AvgIpc) is 3.28. The van der Waals surface area contributed by atoms with Crippen molar-refractivity contribution in [3.8, 4) is 17.2 Å². The number of methoxy groups -OCH3 is 3. The second-order valence-electron chi connectivity index (χ2n) is 11.0. The summed E-state index contributed by atoms with van der Waals surface area (Å²) < 4.78 is 16.3. The zero-order valence-electron chi connectivity index (χ0n) is 24.2. The SMILES string of the molecule is COc1cc(CN2C(=O)c3cccc(N4CCC[C@@H](C(=O)N5CCc6ccccc6C5)C4)c3C2=O)cc(OC)c1OC. The molecule has 1 atom stereocenters. The van der Waals surface area contributed by atoms with Gasteiger partial charge in [0.1, 0.15) is 0 Å². The number of imide groups is 1. The number of nitrogens with zero attached hydrogens (tertiary/aromatic N) is 3. The Morgan fingerprint density at radius 1 is 0.881 bits per heavy atom. The van der Waals surface area contributed by atoms with Gasteiger partial charge in [-0.1, -0.05) is 30.3 Å². The molecule has 1 fully saturated rings. The number of carbonyl (C=O) groups is 3. The minimum Gasteiger partial charge on any atom is -0.493 e. The highest BCUT2D eigenvalue weighted by Crippen LogP contribution is 2.40. The molecule has 3 heterocycles. The summed E-state index contributed by atoms with van der Waals surface area (Å²) in [6.07, 6.45) is 2.51. The highest BCUT2D eigenvalue weighted by molar-refractivity contribution is 6.23. The summed E-state index contributed by atoms with van der Waals surface area (Å²) in [6.45, 7) is 2.64. The number of benzene rings is 3. The highest BCUT2D eigenvalue weighted by Gasteiger charge is 2.40. The molecular weight excluding hydrogens is 534 g/mol. The van der Waals surface area contributed by atoms with Crippen LogP contribution in [0.25, 0.3) is 0 Å². The molecule has 0 bridgehead atoms. The van der Waals surface area contributed by atoms with Gasteiger partial charge in [0.05, 0.1) is 50.6 Å². The van der Waals surface area contributed by atoms with Gasteiger partial charge in [0.25, 0.3) is 11.8 Å². The van der Waals surface area contributed by atoms with E-state index in [0.29, 0.717) is 52.7 Å². The van der Waals surface area contributed by atoms with Crippen molar-refractivity contribution >= 4 is 23.4 Å². The van der Waals surface area contributed by atoms with Crippen molar-refractivity contribution in [3.05, 3.63) is 82.4 Å². The lowest BCUT2D eigenvalue weighted by molar-refractivity contribution is -0.136. The molecule has 1 saturated heterocycles. The van der Waals surface area contributed by atoms with Crippen molar-refractivity contribution in [2.24, 2.45) is 5.92 Å². The Balaban J connectivity index is 1.22. The molecule has 0 saturated carbocycles. The van der Waals surface area contributed by atoms with E-state index >= 15 is 0 Å². The van der Waals surface area contributed by atoms with Crippen LogP contribution in [-0.2, 0) is 24.3 Å². The minimum atomic E-state index is -0.347. The second-order valence-corrected chi connectivity index (χ2v) is 11.0. The third kappa shape index (κ3) is 4.82. The van der Waals surface area contributed by atoms with Crippen molar-refractivity contribution in [1.82, 2.24) is 9.80 Å². The van der Waals surface area contributed by atoms with Gasteiger partial charge in [0.2, 0.25) is 11.7 Å². The summed E-state index contributed by atoms with van der Waals surface area (Å²) in [5, 5.41) is 0. The third-order valence-electron chi connectivity index (χ3n) is 8.60. The van der Waals surface area contributed by atoms with Crippen LogP contribution in [0.1, 0.15) is 50.2 Å². The maximum atomic E-state index is 13.8. The van der Waals surface area contributed by atoms with Gasteiger partial charge in [-0.3, -0.25) is 19.3 Å². The standard InChI is InChI=1S/C33H35N3O6/c1-40-27-16-21(17-28(41-2)30(27)42-3)18-36-32(38)25-11-6-12-26(29(25)33(36)39)34-14-7-10-24(20-34)31(37)35-15-13-22-8-4-5-9-23(22)19-35/h4-6,8-9,11-12,16-17,24H,7,10,13-15,18-20H2,1-3H3/t24-/m1/s1. The number of rotatable bonds is 7. The Morgan fingerprint density at radius 3 is 2.33 bits per heavy atom. The van der Waals surface area contributed by atoms with E-state index in [1.807, 2.05) is 29.2 Å². The van der Waals surface area contributed by atoms with Gasteiger partial charge in [-0.15, -0.1) is 0 Å². The lowest BCUT2D eigenvalue weighted by Gasteiger charge is -2.38. The van der Waals surface area contributed by atoms with Crippen molar-refractivity contribution in [3.63, 3.8) is 0 Å². The fraction of sp³-hybridized carbons (Fsp3) is 0.364. The van der Waals surface area contributed by atoms with Gasteiger partial charge >= 0.3 is 0 Å². The molecular formula is C33H35N3O6. The van der Waals surface area contributed by atoms with Crippen LogP contribution in [0.2, 0.25) is 0 Å². The third-order valence-corrected chi connectivity index (χ3v) is 8.60. The van der Waals surface area contributed by atoms with E-state index in [1.165, 1.54) is 37.4 Å². The van der Waals surface area contributed by atoms with Crippen LogP contribution >= 0.6 is 0 Å². The quantitative estimate of drug-likeness (QED) is 0.392. The first-order chi connectivity index (χ1) is 20.4. The molecule has 3 aliphatic rings. The number of carbonyl (C=O) groups excluding carboxylic acids is 3. The van der Waals surface area contributed by atoms with E-state index in [9.17, 15) is 14.4 Å². The highest BCUT2D eigenvalue weighted by atomic mass is 16.5. The Hall–Kier alpha value is -4.53. The number of hydrogen-bond donors (Lipinski definition) is 0. The first-order valence-electron chi connectivity index (χ1n) is 14.3. The van der Waals surface area contributed by atoms with E-state index in [1.54, 1.807) is 18.2 Å². The molecule has 0 aromatic heterocycles. The monoisotopic (exact) mass is 569 g/mol. The van der Waals surface area contributed by atoms with Gasteiger partial charge in [-0.25, -0.2) is 0 Å². The van der Waals surface area contributed by atoms with Crippen LogP contribution in [0.5, 0.6) is 17.2 Å². The van der Waals surface area contributed by atoms with Crippen LogP contribution < -0.4 is 19.1 Å². The van der Waals surface area contributed by atoms with Gasteiger partial charge in [0, 0.05) is 26.2 Å². The number of hydrogen-bond acceptors (Lipinski definition) is 7. The second kappa shape index (κ2) is 11.4. The average molecular weight is 570 g/mol.